The van der Waals surface area contributed by atoms with Crippen molar-refractivity contribution in [1.29, 1.82) is 0 Å². The zero-order chi connectivity index (χ0) is 12.0. The number of hydrogen-bond acceptors (Lipinski definition) is 4. The molecule has 0 amide bonds. The molecule has 3 aliphatic rings. The quantitative estimate of drug-likeness (QED) is 0.379. The minimum Gasteiger partial charge on any atom is -0.623 e. The Labute approximate surface area is 96.9 Å². The summed E-state index contributed by atoms with van der Waals surface area (Å²) in [4.78, 5) is 11.2. The summed E-state index contributed by atoms with van der Waals surface area (Å²) in [6, 6.07) is -0.504. The first kappa shape index (κ1) is 9.89. The predicted molar refractivity (Wildman–Crippen MR) is 59.4 cm³/mol. The van der Waals surface area contributed by atoms with Crippen molar-refractivity contribution in [2.24, 2.45) is 0 Å². The van der Waals surface area contributed by atoms with E-state index in [1.165, 1.54) is 30.4 Å². The SMILES string of the molecule is O=C1C=CC2=[N+]([O-])C3C=CC(O)=CC3OC2=C1. The van der Waals surface area contributed by atoms with Crippen LogP contribution in [0.5, 0.6) is 0 Å². The number of fused-ring (bicyclic) bond motifs is 2. The van der Waals surface area contributed by atoms with Crippen molar-refractivity contribution in [2.45, 2.75) is 12.1 Å². The molecule has 0 aromatic carbocycles. The molecule has 3 rings (SSSR count). The maximum atomic E-state index is 12.0. The van der Waals surface area contributed by atoms with E-state index >= 15 is 0 Å². The monoisotopic (exact) mass is 231 g/mol. The van der Waals surface area contributed by atoms with E-state index in [0.717, 1.165) is 4.74 Å². The van der Waals surface area contributed by atoms with Crippen LogP contribution in [0.15, 0.2) is 48.0 Å². The molecule has 0 saturated heterocycles. The molecule has 86 valence electrons. The average Bonchev–Trinajstić information content (AvgIpc) is 2.28. The highest BCUT2D eigenvalue weighted by atomic mass is 16.5. The second-order valence-corrected chi connectivity index (χ2v) is 3.98. The molecule has 17 heavy (non-hydrogen) atoms. The number of hydroxylamine groups is 1. The minimum absolute atomic E-state index is 0.0568. The van der Waals surface area contributed by atoms with Gasteiger partial charge in [-0.05, 0) is 18.2 Å². The predicted octanol–water partition coefficient (Wildman–Crippen LogP) is 0.740. The van der Waals surface area contributed by atoms with Gasteiger partial charge in [0.1, 0.15) is 5.76 Å². The van der Waals surface area contributed by atoms with Crippen molar-refractivity contribution in [1.82, 2.24) is 0 Å². The smallest absolute Gasteiger partial charge is 0.254 e. The van der Waals surface area contributed by atoms with Crippen LogP contribution in [-0.2, 0) is 9.53 Å². The molecule has 0 radical (unpaired) electrons. The van der Waals surface area contributed by atoms with Crippen molar-refractivity contribution in [2.75, 3.05) is 0 Å². The van der Waals surface area contributed by atoms with Crippen LogP contribution < -0.4 is 0 Å². The third kappa shape index (κ3) is 1.47. The molecular weight excluding hydrogens is 222 g/mol. The van der Waals surface area contributed by atoms with Gasteiger partial charge in [-0.2, -0.15) is 4.74 Å². The molecule has 5 nitrogen and oxygen atoms in total. The number of rotatable bonds is 0. The van der Waals surface area contributed by atoms with Gasteiger partial charge in [-0.15, -0.1) is 0 Å². The van der Waals surface area contributed by atoms with Crippen LogP contribution >= 0.6 is 0 Å². The molecule has 0 saturated carbocycles. The average molecular weight is 231 g/mol. The van der Waals surface area contributed by atoms with Gasteiger partial charge >= 0.3 is 0 Å². The topological polar surface area (TPSA) is 72.6 Å². The molecule has 0 spiro atoms. The number of aliphatic hydroxyl groups is 1. The van der Waals surface area contributed by atoms with Crippen LogP contribution in [0.25, 0.3) is 0 Å². The molecule has 0 bridgehead atoms. The van der Waals surface area contributed by atoms with Gasteiger partial charge in [0, 0.05) is 18.2 Å². The Morgan fingerprint density at radius 3 is 3.00 bits per heavy atom. The lowest BCUT2D eigenvalue weighted by Gasteiger charge is -2.31. The lowest BCUT2D eigenvalue weighted by atomic mass is 10.0. The fourth-order valence-corrected chi connectivity index (χ4v) is 2.02. The second-order valence-electron chi connectivity index (χ2n) is 3.98. The Morgan fingerprint density at radius 2 is 2.18 bits per heavy atom. The molecular formula is C12H9NO4. The normalized spacial score (nSPS) is 30.2. The number of allylic oxidation sites excluding steroid dienone is 4. The number of hydrogen-bond donors (Lipinski definition) is 1. The highest BCUT2D eigenvalue weighted by Gasteiger charge is 2.39. The zero-order valence-corrected chi connectivity index (χ0v) is 8.74. The number of nitrogens with zero attached hydrogens (tertiary/aromatic N) is 1. The van der Waals surface area contributed by atoms with Gasteiger partial charge in [-0.3, -0.25) is 4.79 Å². The van der Waals surface area contributed by atoms with E-state index in [2.05, 4.69) is 0 Å². The van der Waals surface area contributed by atoms with Crippen molar-refractivity contribution in [3.8, 4) is 0 Å². The van der Waals surface area contributed by atoms with Gasteiger partial charge in [-0.1, -0.05) is 0 Å². The van der Waals surface area contributed by atoms with Crippen molar-refractivity contribution >= 4 is 11.5 Å². The van der Waals surface area contributed by atoms with E-state index in [9.17, 15) is 15.1 Å². The van der Waals surface area contributed by atoms with Crippen LogP contribution in [0.3, 0.4) is 0 Å². The highest BCUT2D eigenvalue weighted by molar-refractivity contribution is 6.17. The van der Waals surface area contributed by atoms with E-state index in [1.807, 2.05) is 0 Å². The van der Waals surface area contributed by atoms with Gasteiger partial charge in [-0.25, -0.2) is 0 Å². The number of aliphatic hydroxyl groups excluding tert-OH is 1. The zero-order valence-electron chi connectivity index (χ0n) is 8.74. The summed E-state index contributed by atoms with van der Waals surface area (Å²) in [5, 5.41) is 21.4. The van der Waals surface area contributed by atoms with Crippen LogP contribution in [0, 0.1) is 5.21 Å². The third-order valence-corrected chi connectivity index (χ3v) is 2.84. The molecule has 0 fully saturated rings. The van der Waals surface area contributed by atoms with Gasteiger partial charge < -0.3 is 15.1 Å². The van der Waals surface area contributed by atoms with E-state index in [-0.39, 0.29) is 17.3 Å². The lowest BCUT2D eigenvalue weighted by Crippen LogP contribution is -2.44. The van der Waals surface area contributed by atoms with Crippen molar-refractivity contribution in [3.05, 3.63) is 53.2 Å². The maximum Gasteiger partial charge on any atom is 0.254 e. The minimum atomic E-state index is -0.563. The Kier molecular flexibility index (Phi) is 1.95. The largest absolute Gasteiger partial charge is 0.623 e. The molecule has 2 atom stereocenters. The van der Waals surface area contributed by atoms with Crippen LogP contribution in [0.1, 0.15) is 0 Å². The first-order chi connectivity index (χ1) is 8.15. The number of ether oxygens (including phenoxy) is 1. The summed E-state index contributed by atoms with van der Waals surface area (Å²) < 4.78 is 6.32. The first-order valence-electron chi connectivity index (χ1n) is 5.18. The first-order valence-corrected chi connectivity index (χ1v) is 5.18. The fraction of sp³-hybridized carbons (Fsp3) is 0.167. The summed E-state index contributed by atoms with van der Waals surface area (Å²) in [6.45, 7) is 0. The second kappa shape index (κ2) is 3.35. The Balaban J connectivity index is 2.09. The van der Waals surface area contributed by atoms with Crippen LogP contribution in [-0.4, -0.2) is 33.5 Å². The molecule has 0 aromatic rings. The summed E-state index contributed by atoms with van der Waals surface area (Å²) in [6.07, 6.45) is 7.99. The lowest BCUT2D eigenvalue weighted by molar-refractivity contribution is -0.505. The van der Waals surface area contributed by atoms with Crippen LogP contribution in [0.2, 0.25) is 0 Å². The van der Waals surface area contributed by atoms with Gasteiger partial charge in [0.05, 0.1) is 0 Å². The highest BCUT2D eigenvalue weighted by Crippen LogP contribution is 2.25. The van der Waals surface area contributed by atoms with Gasteiger partial charge in [0.2, 0.25) is 6.04 Å². The summed E-state index contributed by atoms with van der Waals surface area (Å²) >= 11 is 0. The standard InChI is InChI=1S/C12H9NO4/c14-7-1-3-9-11(5-7)17-12-6-8(15)2-4-10(12)13(9)16/h1-6,9,11,14H. The van der Waals surface area contributed by atoms with Gasteiger partial charge in [0.15, 0.2) is 17.6 Å². The third-order valence-electron chi connectivity index (χ3n) is 2.84. The number of carbonyl (C=O) groups is 1. The molecule has 1 aliphatic heterocycles. The van der Waals surface area contributed by atoms with Crippen molar-refractivity contribution < 1.29 is 19.4 Å². The van der Waals surface area contributed by atoms with E-state index in [0.29, 0.717) is 5.71 Å². The van der Waals surface area contributed by atoms with Gasteiger partial charge in [0.25, 0.3) is 5.71 Å². The maximum absolute atomic E-state index is 12.0. The molecule has 2 aliphatic carbocycles. The molecule has 1 heterocycles. The summed E-state index contributed by atoms with van der Waals surface area (Å²) in [5.74, 6) is 0.102. The van der Waals surface area contributed by atoms with E-state index in [1.54, 1.807) is 6.08 Å². The Hall–Kier alpha value is -2.30. The van der Waals surface area contributed by atoms with E-state index in [4.69, 9.17) is 4.74 Å². The number of ketones is 1. The number of carbonyl (C=O) groups excluding carboxylic acids is 1. The summed E-state index contributed by atoms with van der Waals surface area (Å²) in [7, 11) is 0. The molecule has 1 N–H and O–H groups in total. The summed E-state index contributed by atoms with van der Waals surface area (Å²) in [5.41, 5.74) is 0.338. The molecule has 2 unspecified atom stereocenters. The van der Waals surface area contributed by atoms with Crippen molar-refractivity contribution in [3.63, 3.8) is 0 Å². The Bertz CT molecular complexity index is 551. The van der Waals surface area contributed by atoms with Crippen LogP contribution in [0.4, 0.5) is 0 Å². The molecule has 5 heteroatoms. The fourth-order valence-electron chi connectivity index (χ4n) is 2.02. The Morgan fingerprint density at radius 1 is 1.35 bits per heavy atom. The van der Waals surface area contributed by atoms with E-state index < -0.39 is 12.1 Å². The molecule has 0 aromatic heterocycles.